The van der Waals surface area contributed by atoms with Crippen LogP contribution in [0.1, 0.15) is 126 Å². The molecule has 1 aliphatic carbocycles. The third-order valence-electron chi connectivity index (χ3n) is 14.8. The van der Waals surface area contributed by atoms with Gasteiger partial charge in [-0.05, 0) is 107 Å². The molecule has 15 nitrogen and oxygen atoms in total. The average Bonchev–Trinajstić information content (AvgIpc) is 3.31. The third-order valence-corrected chi connectivity index (χ3v) is 14.8. The van der Waals surface area contributed by atoms with E-state index in [1.807, 2.05) is 58.1 Å². The number of allylic oxidation sites excluding steroid dienone is 6. The monoisotopic (exact) mass is 958 g/mol. The number of ether oxygens (including phenoxy) is 6. The molecule has 0 aromatic heterocycles. The van der Waals surface area contributed by atoms with Crippen molar-refractivity contribution in [3.8, 4) is 0 Å². The van der Waals surface area contributed by atoms with Crippen molar-refractivity contribution >= 4 is 29.2 Å². The second-order valence-corrected chi connectivity index (χ2v) is 20.2. The van der Waals surface area contributed by atoms with Gasteiger partial charge in [0.25, 0.3) is 11.7 Å². The van der Waals surface area contributed by atoms with Gasteiger partial charge in [0.1, 0.15) is 30.1 Å². The summed E-state index contributed by atoms with van der Waals surface area (Å²) in [5.41, 5.74) is 1.24. The highest BCUT2D eigenvalue weighted by molar-refractivity contribution is 6.39. The maximum absolute atomic E-state index is 14.4. The molecule has 1 amide bonds. The Morgan fingerprint density at radius 2 is 1.59 bits per heavy atom. The van der Waals surface area contributed by atoms with Crippen LogP contribution in [0.3, 0.4) is 0 Å². The van der Waals surface area contributed by atoms with Crippen molar-refractivity contribution in [2.45, 2.75) is 180 Å². The largest absolute Gasteiger partial charge is 0.460 e. The fraction of sp³-hybridized carbons (Fsp3) is 0.755. The molecule has 15 atom stereocenters. The summed E-state index contributed by atoms with van der Waals surface area (Å²) >= 11 is 0. The van der Waals surface area contributed by atoms with E-state index < -0.39 is 83.9 Å². The Balaban J connectivity index is 1.72. The Bertz CT molecular complexity index is 1810. The van der Waals surface area contributed by atoms with Gasteiger partial charge in [-0.1, -0.05) is 71.1 Å². The van der Waals surface area contributed by atoms with Crippen LogP contribution >= 0.6 is 0 Å². The molecule has 15 heteroatoms. The molecule has 1 saturated carbocycles. The lowest BCUT2D eigenvalue weighted by atomic mass is 9.78. The Labute approximate surface area is 405 Å². The number of aliphatic hydroxyl groups excluding tert-OH is 2. The molecule has 3 aliphatic heterocycles. The Kier molecular flexibility index (Phi) is 22.9. The van der Waals surface area contributed by atoms with E-state index in [4.69, 9.17) is 28.4 Å². The number of hydrogen-bond acceptors (Lipinski definition) is 14. The number of Topliss-reactive ketones (excluding diaryl/α,β-unsaturated/α-hetero) is 3. The Hall–Kier alpha value is -3.41. The van der Waals surface area contributed by atoms with Crippen LogP contribution in [0.4, 0.5) is 0 Å². The molecule has 384 valence electrons. The van der Waals surface area contributed by atoms with Crippen LogP contribution in [0.2, 0.25) is 0 Å². The molecule has 3 heterocycles. The minimum absolute atomic E-state index is 0.00394. The maximum Gasteiger partial charge on any atom is 0.329 e. The molecular weight excluding hydrogens is 875 g/mol. The first-order valence-electron chi connectivity index (χ1n) is 25.0. The van der Waals surface area contributed by atoms with E-state index in [1.54, 1.807) is 41.1 Å². The lowest BCUT2D eigenvalue weighted by molar-refractivity contribution is -0.266. The van der Waals surface area contributed by atoms with E-state index >= 15 is 0 Å². The van der Waals surface area contributed by atoms with Gasteiger partial charge >= 0.3 is 5.97 Å². The molecule has 0 aromatic rings. The van der Waals surface area contributed by atoms with Crippen molar-refractivity contribution in [3.05, 3.63) is 47.6 Å². The summed E-state index contributed by atoms with van der Waals surface area (Å²) in [6.45, 7) is 13.4. The van der Waals surface area contributed by atoms with Gasteiger partial charge in [0.2, 0.25) is 5.79 Å². The summed E-state index contributed by atoms with van der Waals surface area (Å²) in [6, 6.07) is -1.15. The Morgan fingerprint density at radius 3 is 2.28 bits per heavy atom. The Morgan fingerprint density at radius 1 is 0.853 bits per heavy atom. The van der Waals surface area contributed by atoms with E-state index in [9.17, 15) is 39.3 Å². The van der Waals surface area contributed by atoms with Crippen molar-refractivity contribution in [3.63, 3.8) is 0 Å². The summed E-state index contributed by atoms with van der Waals surface area (Å²) in [6.07, 6.45) is 10.9. The SMILES string of the molecule is COCCO[C@H]1C[C@@H]2CC[C@@H](C)[C@@](O)(O2)C(=O)C(=O)N2CCCCC2C(=O)O[C@H]([C@H](C)C[C@@H]2CC[C@@H](O)[C@H](OC)C2)CC(=O)[C@H](C)/C=C(\C)[C@@H](O)[C@@H](OC)C(=O)[C@H](C)C[C@H](C)/C=C/C=C/C=C/1C. The van der Waals surface area contributed by atoms with Crippen molar-refractivity contribution in [1.29, 1.82) is 0 Å². The second-order valence-electron chi connectivity index (χ2n) is 20.2. The van der Waals surface area contributed by atoms with Gasteiger partial charge in [0.15, 0.2) is 5.78 Å². The molecule has 1 unspecified atom stereocenters. The maximum atomic E-state index is 14.4. The van der Waals surface area contributed by atoms with Crippen LogP contribution in [-0.2, 0) is 52.4 Å². The number of ketones is 3. The van der Waals surface area contributed by atoms with Crippen molar-refractivity contribution < 1.29 is 67.7 Å². The number of fused-ring (bicyclic) bond motifs is 3. The molecule has 0 spiro atoms. The first-order chi connectivity index (χ1) is 32.2. The van der Waals surface area contributed by atoms with Crippen molar-refractivity contribution in [2.75, 3.05) is 41.1 Å². The van der Waals surface area contributed by atoms with E-state index in [2.05, 4.69) is 0 Å². The van der Waals surface area contributed by atoms with Gasteiger partial charge in [0, 0.05) is 58.5 Å². The predicted molar refractivity (Wildman–Crippen MR) is 256 cm³/mol. The number of carbonyl (C=O) groups excluding carboxylic acids is 5. The van der Waals surface area contributed by atoms with Crippen LogP contribution in [-0.4, -0.2) is 145 Å². The van der Waals surface area contributed by atoms with Gasteiger partial charge < -0.3 is 48.6 Å². The highest BCUT2D eigenvalue weighted by Crippen LogP contribution is 2.38. The van der Waals surface area contributed by atoms with Crippen LogP contribution < -0.4 is 0 Å². The molecule has 4 aliphatic rings. The standard InChI is InChI=1S/C53H83NO14/c1-32-16-12-11-13-17-33(2)44(66-25-24-63-8)30-40-21-19-38(7)53(62,68-40)50(59)51(60)54-23-15-14-18-41(54)52(61)67-45(35(4)28-39-20-22-42(55)46(29-39)64-9)31-43(56)34(3)27-37(6)48(58)49(65-10)47(57)36(5)26-32/h11-13,16-17,27,32,34-36,38-42,44-46,48-49,55,58,62H,14-15,18-26,28-31H2,1-10H3/b13-11+,16-12+,33-17+,37-27+/t32-,34-,35-,36-,38-,39+,40+,41?,42-,44+,45+,46-,48-,49+,53-/m1/s1. The van der Waals surface area contributed by atoms with E-state index in [0.717, 1.165) is 12.0 Å². The smallest absolute Gasteiger partial charge is 0.329 e. The van der Waals surface area contributed by atoms with Crippen LogP contribution in [0, 0.1) is 35.5 Å². The number of methoxy groups -OCH3 is 3. The minimum atomic E-state index is -2.46. The highest BCUT2D eigenvalue weighted by atomic mass is 16.6. The molecule has 0 radical (unpaired) electrons. The highest BCUT2D eigenvalue weighted by Gasteiger charge is 2.53. The van der Waals surface area contributed by atoms with Gasteiger partial charge in [0.05, 0.1) is 37.6 Å². The first kappa shape index (κ1) is 57.2. The molecule has 4 rings (SSSR count). The lowest BCUT2D eigenvalue weighted by Gasteiger charge is -2.43. The summed E-state index contributed by atoms with van der Waals surface area (Å²) < 4.78 is 35.1. The van der Waals surface area contributed by atoms with Crippen molar-refractivity contribution in [1.82, 2.24) is 4.90 Å². The minimum Gasteiger partial charge on any atom is -0.460 e. The number of hydrogen-bond donors (Lipinski definition) is 3. The summed E-state index contributed by atoms with van der Waals surface area (Å²) in [4.78, 5) is 72.2. The summed E-state index contributed by atoms with van der Waals surface area (Å²) in [7, 11) is 4.52. The molecule has 3 fully saturated rings. The van der Waals surface area contributed by atoms with Gasteiger partial charge in [-0.15, -0.1) is 0 Å². The van der Waals surface area contributed by atoms with E-state index in [-0.39, 0.29) is 67.8 Å². The first-order valence-corrected chi connectivity index (χ1v) is 25.0. The molecular formula is C53H83NO14. The number of aliphatic hydroxyl groups is 3. The van der Waals surface area contributed by atoms with Crippen LogP contribution in [0.25, 0.3) is 0 Å². The topological polar surface area (TPSA) is 205 Å². The summed E-state index contributed by atoms with van der Waals surface area (Å²) in [5.74, 6) is -8.09. The van der Waals surface area contributed by atoms with E-state index in [0.29, 0.717) is 63.5 Å². The van der Waals surface area contributed by atoms with Crippen molar-refractivity contribution in [2.24, 2.45) is 35.5 Å². The predicted octanol–water partition coefficient (Wildman–Crippen LogP) is 6.20. The number of rotatable bonds is 9. The zero-order valence-corrected chi connectivity index (χ0v) is 42.4. The fourth-order valence-corrected chi connectivity index (χ4v) is 10.3. The van der Waals surface area contributed by atoms with E-state index in [1.165, 1.54) is 12.0 Å². The molecule has 2 bridgehead atoms. The van der Waals surface area contributed by atoms with Gasteiger partial charge in [-0.2, -0.15) is 0 Å². The molecule has 0 aromatic carbocycles. The normalized spacial score (nSPS) is 39.2. The number of piperidine rings is 1. The van der Waals surface area contributed by atoms with Crippen LogP contribution in [0.15, 0.2) is 47.6 Å². The second kappa shape index (κ2) is 27.3. The van der Waals surface area contributed by atoms with Crippen LogP contribution in [0.5, 0.6) is 0 Å². The number of esters is 1. The number of amides is 1. The molecule has 68 heavy (non-hydrogen) atoms. The molecule has 2 saturated heterocycles. The quantitative estimate of drug-likeness (QED) is 0.102. The number of nitrogens with zero attached hydrogens (tertiary/aromatic N) is 1. The van der Waals surface area contributed by atoms with Gasteiger partial charge in [-0.3, -0.25) is 19.2 Å². The summed E-state index contributed by atoms with van der Waals surface area (Å²) in [5, 5.41) is 34.0. The number of cyclic esters (lactones) is 1. The average molecular weight is 958 g/mol. The van der Waals surface area contributed by atoms with Gasteiger partial charge in [-0.25, -0.2) is 4.79 Å². The third kappa shape index (κ3) is 15.5. The zero-order chi connectivity index (χ0) is 50.3. The fourth-order valence-electron chi connectivity index (χ4n) is 10.3. The zero-order valence-electron chi connectivity index (χ0n) is 42.4. The number of carbonyl (C=O) groups is 5. The molecule has 3 N–H and O–H groups in total. The lowest BCUT2D eigenvalue weighted by Crippen LogP contribution is -2.61.